The Morgan fingerprint density at radius 3 is 2.36 bits per heavy atom. The molecular weight excluding hydrogens is 348 g/mol. The second kappa shape index (κ2) is 5.88. The molecule has 4 rings (SSSR count). The number of nitrogens with one attached hydrogen (secondary N) is 1. The highest BCUT2D eigenvalue weighted by molar-refractivity contribution is 9.08. The Balaban J connectivity index is 0.000000154. The van der Waals surface area contributed by atoms with E-state index in [-0.39, 0.29) is 17.6 Å². The number of hydrogen-bond donors (Lipinski definition) is 1. The van der Waals surface area contributed by atoms with Crippen LogP contribution in [0.25, 0.3) is 23.1 Å². The SMILES string of the molecule is O=C1C=c2[nH]c3ccccc3c2=CC1.O=C1CCC(=O)N1Br. The molecule has 2 aliphatic rings. The normalized spacial score (nSPS) is 16.8. The summed E-state index contributed by atoms with van der Waals surface area (Å²) in [5.74, 6) is -0.117. The van der Waals surface area contributed by atoms with Gasteiger partial charge in [-0.15, -0.1) is 0 Å². The van der Waals surface area contributed by atoms with E-state index in [0.717, 1.165) is 14.8 Å². The van der Waals surface area contributed by atoms with Gasteiger partial charge in [-0.05, 0) is 6.07 Å². The number of carbonyl (C=O) groups is 3. The Hall–Kier alpha value is -2.21. The number of amides is 2. The van der Waals surface area contributed by atoms with Crippen LogP contribution in [0.15, 0.2) is 24.3 Å². The van der Waals surface area contributed by atoms with E-state index < -0.39 is 0 Å². The van der Waals surface area contributed by atoms with Crippen molar-refractivity contribution < 1.29 is 14.4 Å². The predicted octanol–water partition coefficient (Wildman–Crippen LogP) is 1.15. The third-order valence-corrected chi connectivity index (χ3v) is 4.37. The number of Topliss-reactive ketones (excluding diaryl/α,β-unsaturated/α-hetero) is 1. The zero-order chi connectivity index (χ0) is 15.7. The Kier molecular flexibility index (Phi) is 3.94. The molecular formula is C16H13BrN2O3. The number of nitrogens with zero attached hydrogens (tertiary/aromatic N) is 1. The molecule has 1 fully saturated rings. The number of ketones is 1. The molecule has 0 radical (unpaired) electrons. The highest BCUT2D eigenvalue weighted by atomic mass is 79.9. The molecule has 2 amide bonds. The van der Waals surface area contributed by atoms with E-state index in [1.165, 1.54) is 10.6 Å². The van der Waals surface area contributed by atoms with Crippen LogP contribution in [0.1, 0.15) is 19.3 Å². The van der Waals surface area contributed by atoms with Crippen LogP contribution in [0.5, 0.6) is 0 Å². The van der Waals surface area contributed by atoms with Gasteiger partial charge in [-0.1, -0.05) is 24.3 Å². The molecule has 0 spiro atoms. The number of rotatable bonds is 0. The number of aromatic amines is 1. The van der Waals surface area contributed by atoms with Crippen molar-refractivity contribution in [2.45, 2.75) is 19.3 Å². The fraction of sp³-hybridized carbons (Fsp3) is 0.188. The van der Waals surface area contributed by atoms with Gasteiger partial charge in [0.25, 0.3) is 0 Å². The van der Waals surface area contributed by atoms with Gasteiger partial charge in [-0.25, -0.2) is 3.93 Å². The van der Waals surface area contributed by atoms with Crippen LogP contribution < -0.4 is 10.6 Å². The first-order valence-corrected chi connectivity index (χ1v) is 7.60. The van der Waals surface area contributed by atoms with Crippen molar-refractivity contribution in [3.63, 3.8) is 0 Å². The van der Waals surface area contributed by atoms with Crippen LogP contribution in [0, 0.1) is 0 Å². The average molecular weight is 361 g/mol. The zero-order valence-electron chi connectivity index (χ0n) is 11.6. The summed E-state index contributed by atoms with van der Waals surface area (Å²) in [4.78, 5) is 35.3. The molecule has 0 unspecified atom stereocenters. The van der Waals surface area contributed by atoms with Gasteiger partial charge in [0.05, 0.1) is 16.1 Å². The maximum Gasteiger partial charge on any atom is 0.239 e. The summed E-state index contributed by atoms with van der Waals surface area (Å²) in [6, 6.07) is 8.11. The van der Waals surface area contributed by atoms with Gasteiger partial charge in [0.2, 0.25) is 11.8 Å². The summed E-state index contributed by atoms with van der Waals surface area (Å²) in [5, 5.41) is 3.31. The van der Waals surface area contributed by atoms with E-state index in [1.54, 1.807) is 6.08 Å². The Morgan fingerprint density at radius 2 is 1.73 bits per heavy atom. The highest BCUT2D eigenvalue weighted by Crippen LogP contribution is 2.14. The van der Waals surface area contributed by atoms with Crippen molar-refractivity contribution in [2.24, 2.45) is 0 Å². The van der Waals surface area contributed by atoms with E-state index in [1.807, 2.05) is 24.3 Å². The molecule has 1 aliphatic carbocycles. The Bertz CT molecular complexity index is 882. The number of H-pyrrole nitrogens is 1. The number of benzene rings is 1. The lowest BCUT2D eigenvalue weighted by molar-refractivity contribution is -0.131. The number of hydrogen-bond acceptors (Lipinski definition) is 3. The van der Waals surface area contributed by atoms with Crippen molar-refractivity contribution in [2.75, 3.05) is 0 Å². The molecule has 5 nitrogen and oxygen atoms in total. The van der Waals surface area contributed by atoms with Crippen molar-refractivity contribution in [1.82, 2.24) is 8.91 Å². The van der Waals surface area contributed by atoms with Gasteiger partial charge >= 0.3 is 0 Å². The number of para-hydroxylation sites is 1. The summed E-state index contributed by atoms with van der Waals surface area (Å²) >= 11 is 2.80. The summed E-state index contributed by atoms with van der Waals surface area (Å²) < 4.78 is 0.979. The average Bonchev–Trinajstić information content (AvgIpc) is 3.02. The van der Waals surface area contributed by atoms with Crippen molar-refractivity contribution >= 4 is 56.8 Å². The molecule has 22 heavy (non-hydrogen) atoms. The van der Waals surface area contributed by atoms with Gasteiger partial charge in [0.1, 0.15) is 0 Å². The lowest BCUT2D eigenvalue weighted by atomic mass is 10.1. The van der Waals surface area contributed by atoms with Crippen LogP contribution in [0.3, 0.4) is 0 Å². The Morgan fingerprint density at radius 1 is 1.05 bits per heavy atom. The molecule has 1 saturated heterocycles. The number of aromatic nitrogens is 1. The molecule has 0 saturated carbocycles. The van der Waals surface area contributed by atoms with Crippen LogP contribution in [-0.2, 0) is 14.4 Å². The fourth-order valence-electron chi connectivity index (χ4n) is 2.49. The number of fused-ring (bicyclic) bond motifs is 3. The van der Waals surface area contributed by atoms with Crippen molar-refractivity contribution in [1.29, 1.82) is 0 Å². The van der Waals surface area contributed by atoms with Crippen molar-refractivity contribution in [3.8, 4) is 0 Å². The molecule has 1 aromatic heterocycles. The third-order valence-electron chi connectivity index (χ3n) is 3.58. The van der Waals surface area contributed by atoms with Gasteiger partial charge in [-0.2, -0.15) is 0 Å². The van der Waals surface area contributed by atoms with E-state index in [9.17, 15) is 14.4 Å². The van der Waals surface area contributed by atoms with Gasteiger partial charge in [0.15, 0.2) is 5.78 Å². The molecule has 1 aromatic carbocycles. The zero-order valence-corrected chi connectivity index (χ0v) is 13.2. The summed E-state index contributed by atoms with van der Waals surface area (Å²) in [6.45, 7) is 0. The molecule has 2 heterocycles. The molecule has 1 N–H and O–H groups in total. The first-order chi connectivity index (χ1) is 10.6. The fourth-order valence-corrected chi connectivity index (χ4v) is 2.84. The molecule has 2 aromatic rings. The first-order valence-electron chi connectivity index (χ1n) is 6.89. The van der Waals surface area contributed by atoms with Gasteiger partial charge in [0, 0.05) is 46.8 Å². The Labute approximate surface area is 134 Å². The monoisotopic (exact) mass is 360 g/mol. The van der Waals surface area contributed by atoms with Crippen LogP contribution in [0.2, 0.25) is 0 Å². The van der Waals surface area contributed by atoms with Gasteiger partial charge < -0.3 is 4.98 Å². The second-order valence-electron chi connectivity index (χ2n) is 5.09. The van der Waals surface area contributed by atoms with E-state index >= 15 is 0 Å². The molecule has 0 atom stereocenters. The van der Waals surface area contributed by atoms with Crippen LogP contribution >= 0.6 is 16.1 Å². The van der Waals surface area contributed by atoms with E-state index in [0.29, 0.717) is 19.3 Å². The minimum absolute atomic E-state index is 0.144. The van der Waals surface area contributed by atoms with Crippen LogP contribution in [0.4, 0.5) is 0 Å². The number of imide groups is 1. The topological polar surface area (TPSA) is 70.2 Å². The highest BCUT2D eigenvalue weighted by Gasteiger charge is 2.26. The smallest absolute Gasteiger partial charge is 0.239 e. The maximum atomic E-state index is 11.2. The molecule has 0 bridgehead atoms. The lowest BCUT2D eigenvalue weighted by Crippen LogP contribution is -2.27. The van der Waals surface area contributed by atoms with E-state index in [2.05, 4.69) is 27.2 Å². The standard InChI is InChI=1S/C12H9NO.C4H4BrNO2/c14-8-5-6-10-9-3-1-2-4-11(9)13-12(10)7-8;5-6-3(7)1-2-4(6)8/h1-4,6-7,13H,5H2;1-2H2. The summed E-state index contributed by atoms with van der Waals surface area (Å²) in [5.41, 5.74) is 1.10. The maximum absolute atomic E-state index is 11.2. The quantitative estimate of drug-likeness (QED) is 0.565. The number of halogens is 1. The van der Waals surface area contributed by atoms with Crippen molar-refractivity contribution in [3.05, 3.63) is 34.8 Å². The largest absolute Gasteiger partial charge is 0.354 e. The third kappa shape index (κ3) is 2.74. The number of carbonyl (C=O) groups excluding carboxylic acids is 3. The second-order valence-corrected chi connectivity index (χ2v) is 5.79. The summed E-state index contributed by atoms with van der Waals surface area (Å²) in [7, 11) is 0. The van der Waals surface area contributed by atoms with Gasteiger partial charge in [-0.3, -0.25) is 14.4 Å². The first kappa shape index (κ1) is 14.7. The minimum atomic E-state index is -0.144. The summed E-state index contributed by atoms with van der Waals surface area (Å²) in [6.07, 6.45) is 4.91. The minimum Gasteiger partial charge on any atom is -0.354 e. The molecule has 1 aliphatic heterocycles. The van der Waals surface area contributed by atoms with E-state index in [4.69, 9.17) is 0 Å². The van der Waals surface area contributed by atoms with Crippen LogP contribution in [-0.4, -0.2) is 26.5 Å². The predicted molar refractivity (Wildman–Crippen MR) is 86.1 cm³/mol. The lowest BCUT2D eigenvalue weighted by Gasteiger charge is -1.97. The molecule has 112 valence electrons. The molecule has 6 heteroatoms.